The number of fused-ring (bicyclic) bond motifs is 1. The Bertz CT molecular complexity index is 843. The van der Waals surface area contributed by atoms with Crippen molar-refractivity contribution in [1.29, 1.82) is 0 Å². The lowest BCUT2D eigenvalue weighted by Gasteiger charge is -2.17. The van der Waals surface area contributed by atoms with Crippen LogP contribution in [0.1, 0.15) is 30.5 Å². The van der Waals surface area contributed by atoms with Gasteiger partial charge in [0.2, 0.25) is 0 Å². The minimum absolute atomic E-state index is 0.0339. The highest BCUT2D eigenvalue weighted by Gasteiger charge is 2.15. The van der Waals surface area contributed by atoms with Gasteiger partial charge in [-0.05, 0) is 23.5 Å². The molecule has 0 saturated heterocycles. The van der Waals surface area contributed by atoms with E-state index in [1.54, 1.807) is 4.57 Å². The van der Waals surface area contributed by atoms with Gasteiger partial charge in [0.1, 0.15) is 5.82 Å². The van der Waals surface area contributed by atoms with Gasteiger partial charge >= 0.3 is 0 Å². The normalized spacial score (nSPS) is 12.4. The molecule has 0 aliphatic heterocycles. The van der Waals surface area contributed by atoms with E-state index in [1.807, 2.05) is 61.5 Å². The molecule has 0 aliphatic rings. The van der Waals surface area contributed by atoms with Gasteiger partial charge in [0.05, 0.1) is 25.3 Å². The van der Waals surface area contributed by atoms with Crippen LogP contribution < -0.4 is 5.56 Å². The van der Waals surface area contributed by atoms with Gasteiger partial charge in [-0.2, -0.15) is 0 Å². The summed E-state index contributed by atoms with van der Waals surface area (Å²) < 4.78 is 1.70. The van der Waals surface area contributed by atoms with Crippen LogP contribution in [0.15, 0.2) is 59.4 Å². The summed E-state index contributed by atoms with van der Waals surface area (Å²) in [6, 6.07) is 17.3. The smallest absolute Gasteiger partial charge is 0.261 e. The summed E-state index contributed by atoms with van der Waals surface area (Å²) in [6.07, 6.45) is 0.736. The highest BCUT2D eigenvalue weighted by molar-refractivity contribution is 6.12. The van der Waals surface area contributed by atoms with Crippen molar-refractivity contribution in [3.63, 3.8) is 0 Å². The molecule has 0 spiro atoms. The fraction of sp³-hybridized carbons (Fsp3) is 0.222. The second-order valence-corrected chi connectivity index (χ2v) is 5.38. The van der Waals surface area contributed by atoms with Gasteiger partial charge in [0.25, 0.3) is 5.56 Å². The Balaban J connectivity index is 2.21. The summed E-state index contributed by atoms with van der Waals surface area (Å²) >= 11 is 0. The Morgan fingerprint density at radius 1 is 1.09 bits per heavy atom. The van der Waals surface area contributed by atoms with Crippen molar-refractivity contribution in [2.24, 2.45) is 0 Å². The molecule has 0 saturated carbocycles. The first kappa shape index (κ1) is 14.6. The van der Waals surface area contributed by atoms with Crippen molar-refractivity contribution in [3.8, 4) is 0 Å². The van der Waals surface area contributed by atoms with E-state index >= 15 is 0 Å². The summed E-state index contributed by atoms with van der Waals surface area (Å²) in [4.78, 5) is 17.5. The Morgan fingerprint density at radius 3 is 2.50 bits per heavy atom. The van der Waals surface area contributed by atoms with Gasteiger partial charge in [-0.25, -0.2) is 4.98 Å². The number of nitrogens with zero attached hydrogens (tertiary/aromatic N) is 2. The van der Waals surface area contributed by atoms with E-state index in [-0.39, 0.29) is 11.4 Å². The molecule has 1 aromatic heterocycles. The SMILES string of the molecule is [B]C(CC)c1nc2ccccc2c(=O)n1Cc1ccccc1. The van der Waals surface area contributed by atoms with E-state index in [4.69, 9.17) is 7.85 Å². The van der Waals surface area contributed by atoms with Crippen molar-refractivity contribution in [1.82, 2.24) is 9.55 Å². The molecule has 2 aromatic carbocycles. The standard InChI is InChI=1S/C18H17BN2O/c1-2-15(19)17-20-16-11-7-6-10-14(16)18(22)21(17)12-13-8-4-3-5-9-13/h3-11,15H,2,12H2,1H3. The van der Waals surface area contributed by atoms with Gasteiger partial charge in [-0.15, -0.1) is 0 Å². The van der Waals surface area contributed by atoms with Crippen LogP contribution in [0.25, 0.3) is 10.9 Å². The maximum atomic E-state index is 12.8. The van der Waals surface area contributed by atoms with Crippen LogP contribution in [0.5, 0.6) is 0 Å². The summed E-state index contributed by atoms with van der Waals surface area (Å²) in [7, 11) is 6.19. The molecule has 3 rings (SSSR count). The molecule has 0 N–H and O–H groups in total. The Morgan fingerprint density at radius 2 is 1.77 bits per heavy atom. The molecule has 2 radical (unpaired) electrons. The number of para-hydroxylation sites is 1. The van der Waals surface area contributed by atoms with Crippen LogP contribution in [0, 0.1) is 0 Å². The van der Waals surface area contributed by atoms with Crippen molar-refractivity contribution >= 4 is 18.7 Å². The fourth-order valence-electron chi connectivity index (χ4n) is 2.57. The maximum Gasteiger partial charge on any atom is 0.261 e. The van der Waals surface area contributed by atoms with E-state index in [9.17, 15) is 4.79 Å². The molecule has 0 bridgehead atoms. The van der Waals surface area contributed by atoms with Gasteiger partial charge < -0.3 is 0 Å². The first-order valence-corrected chi connectivity index (χ1v) is 7.49. The molecule has 3 aromatic rings. The summed E-state index contributed by atoms with van der Waals surface area (Å²) in [5.74, 6) is 0.399. The molecular formula is C18H17BN2O. The van der Waals surface area contributed by atoms with Crippen LogP contribution in [-0.4, -0.2) is 17.4 Å². The van der Waals surface area contributed by atoms with Gasteiger partial charge in [0.15, 0.2) is 0 Å². The predicted molar refractivity (Wildman–Crippen MR) is 90.3 cm³/mol. The molecular weight excluding hydrogens is 271 g/mol. The third-order valence-electron chi connectivity index (χ3n) is 3.85. The van der Waals surface area contributed by atoms with E-state index in [2.05, 4.69) is 4.98 Å². The number of hydrogen-bond donors (Lipinski definition) is 0. The topological polar surface area (TPSA) is 34.9 Å². The molecule has 0 fully saturated rings. The Hall–Kier alpha value is -2.36. The van der Waals surface area contributed by atoms with Gasteiger partial charge in [-0.1, -0.05) is 55.8 Å². The zero-order valence-corrected chi connectivity index (χ0v) is 12.6. The average Bonchev–Trinajstić information content (AvgIpc) is 2.57. The number of benzene rings is 2. The zero-order chi connectivity index (χ0) is 15.5. The zero-order valence-electron chi connectivity index (χ0n) is 12.6. The third-order valence-corrected chi connectivity index (χ3v) is 3.85. The van der Waals surface area contributed by atoms with Crippen LogP contribution >= 0.6 is 0 Å². The van der Waals surface area contributed by atoms with Gasteiger partial charge in [0, 0.05) is 0 Å². The Labute approximate surface area is 131 Å². The molecule has 0 aliphatic carbocycles. The number of rotatable bonds is 4. The third kappa shape index (κ3) is 2.69. The molecule has 108 valence electrons. The van der Waals surface area contributed by atoms with E-state index in [0.29, 0.717) is 23.3 Å². The highest BCUT2D eigenvalue weighted by atomic mass is 16.1. The first-order valence-electron chi connectivity index (χ1n) is 7.49. The molecule has 4 heteroatoms. The second-order valence-electron chi connectivity index (χ2n) is 5.38. The van der Waals surface area contributed by atoms with E-state index in [1.165, 1.54) is 0 Å². The van der Waals surface area contributed by atoms with E-state index in [0.717, 1.165) is 12.0 Å². The van der Waals surface area contributed by atoms with Crippen LogP contribution in [0.3, 0.4) is 0 Å². The van der Waals surface area contributed by atoms with Crippen molar-refractivity contribution < 1.29 is 0 Å². The molecule has 1 atom stereocenters. The van der Waals surface area contributed by atoms with Crippen molar-refractivity contribution in [2.75, 3.05) is 0 Å². The minimum Gasteiger partial charge on any atom is -0.292 e. The predicted octanol–water partition coefficient (Wildman–Crippen LogP) is 3.06. The molecule has 22 heavy (non-hydrogen) atoms. The lowest BCUT2D eigenvalue weighted by Crippen LogP contribution is -2.27. The van der Waals surface area contributed by atoms with Crippen LogP contribution in [0.2, 0.25) is 0 Å². The summed E-state index contributed by atoms with van der Waals surface area (Å²) in [5.41, 5.74) is 1.73. The number of aromatic nitrogens is 2. The van der Waals surface area contributed by atoms with Crippen LogP contribution in [0.4, 0.5) is 0 Å². The quantitative estimate of drug-likeness (QED) is 0.691. The highest BCUT2D eigenvalue weighted by Crippen LogP contribution is 2.17. The summed E-state index contributed by atoms with van der Waals surface area (Å²) in [6.45, 7) is 2.49. The molecule has 0 amide bonds. The molecule has 3 nitrogen and oxygen atoms in total. The fourth-order valence-corrected chi connectivity index (χ4v) is 2.57. The molecule has 1 unspecified atom stereocenters. The van der Waals surface area contributed by atoms with Gasteiger partial charge in [-0.3, -0.25) is 9.36 Å². The Kier molecular flexibility index (Phi) is 4.10. The van der Waals surface area contributed by atoms with Crippen molar-refractivity contribution in [3.05, 3.63) is 76.3 Å². The maximum absolute atomic E-state index is 12.8. The summed E-state index contributed by atoms with van der Waals surface area (Å²) in [5, 5.41) is 0.630. The first-order chi connectivity index (χ1) is 10.7. The monoisotopic (exact) mass is 288 g/mol. The minimum atomic E-state index is -0.249. The molecule has 1 heterocycles. The lowest BCUT2D eigenvalue weighted by atomic mass is 9.84. The second kappa shape index (κ2) is 6.18. The largest absolute Gasteiger partial charge is 0.292 e. The average molecular weight is 288 g/mol. The van der Waals surface area contributed by atoms with E-state index < -0.39 is 0 Å². The van der Waals surface area contributed by atoms with Crippen molar-refractivity contribution in [2.45, 2.75) is 25.7 Å². The number of hydrogen-bond acceptors (Lipinski definition) is 2. The van der Waals surface area contributed by atoms with Crippen LogP contribution in [-0.2, 0) is 6.54 Å². The lowest BCUT2D eigenvalue weighted by molar-refractivity contribution is 0.653.